The van der Waals surface area contributed by atoms with E-state index in [0.29, 0.717) is 11.8 Å². The molecule has 2 aromatic rings. The third kappa shape index (κ3) is 4.88. The van der Waals surface area contributed by atoms with Crippen LogP contribution in [-0.2, 0) is 9.53 Å². The molecule has 0 aliphatic rings. The van der Waals surface area contributed by atoms with Crippen LogP contribution in [0.5, 0.6) is 0 Å². The predicted octanol–water partition coefficient (Wildman–Crippen LogP) is 2.17. The van der Waals surface area contributed by atoms with Gasteiger partial charge in [0.2, 0.25) is 0 Å². The molecular weight excluding hydrogens is 342 g/mol. The number of benzene rings is 1. The number of rotatable bonds is 6. The number of alkyl halides is 2. The third-order valence-corrected chi connectivity index (χ3v) is 3.42. The number of carbonyl (C=O) groups excluding carboxylic acids is 2. The summed E-state index contributed by atoms with van der Waals surface area (Å²) < 4.78 is 29.7. The summed E-state index contributed by atoms with van der Waals surface area (Å²) in [6, 6.07) is 6.05. The second kappa shape index (κ2) is 8.20. The normalized spacial score (nSPS) is 10.5. The summed E-state index contributed by atoms with van der Waals surface area (Å²) in [5, 5.41) is 2.40. The van der Waals surface area contributed by atoms with Gasteiger partial charge in [0.1, 0.15) is 0 Å². The summed E-state index contributed by atoms with van der Waals surface area (Å²) in [5.74, 6) is -4.35. The third-order valence-electron chi connectivity index (χ3n) is 2.63. The second-order valence-electron chi connectivity index (χ2n) is 4.29. The van der Waals surface area contributed by atoms with Crippen LogP contribution in [0.1, 0.15) is 10.5 Å². The first-order chi connectivity index (χ1) is 11.5. The van der Waals surface area contributed by atoms with Gasteiger partial charge in [-0.3, -0.25) is 4.79 Å². The molecule has 0 saturated carbocycles. The Morgan fingerprint density at radius 2 is 1.96 bits per heavy atom. The van der Waals surface area contributed by atoms with E-state index in [4.69, 9.17) is 10.5 Å². The number of nitrogens with zero attached hydrogens (tertiary/aromatic N) is 2. The monoisotopic (exact) mass is 354 g/mol. The van der Waals surface area contributed by atoms with Crippen LogP contribution >= 0.6 is 11.8 Å². The van der Waals surface area contributed by atoms with Crippen molar-refractivity contribution in [1.82, 2.24) is 9.97 Å². The number of nitrogens with one attached hydrogen (secondary N) is 1. The molecule has 0 aliphatic heterocycles. The number of ether oxygens (including phenoxy) is 1. The van der Waals surface area contributed by atoms with Gasteiger partial charge in [0, 0.05) is 17.3 Å². The molecule has 126 valence electrons. The largest absolute Gasteiger partial charge is 0.451 e. The van der Waals surface area contributed by atoms with Crippen molar-refractivity contribution in [3.05, 3.63) is 42.4 Å². The summed E-state index contributed by atoms with van der Waals surface area (Å²) in [6.07, 6.45) is 2.56. The van der Waals surface area contributed by atoms with Crippen molar-refractivity contribution in [3.8, 4) is 0 Å². The molecule has 0 fully saturated rings. The number of halogens is 2. The number of esters is 1. The molecule has 0 unspecified atom stereocenters. The lowest BCUT2D eigenvalue weighted by Gasteiger charge is -2.10. The van der Waals surface area contributed by atoms with Crippen molar-refractivity contribution in [1.29, 1.82) is 0 Å². The van der Waals surface area contributed by atoms with Crippen LogP contribution in [0.25, 0.3) is 0 Å². The van der Waals surface area contributed by atoms with Gasteiger partial charge in [0.05, 0.1) is 5.69 Å². The Balaban J connectivity index is 1.95. The summed E-state index contributed by atoms with van der Waals surface area (Å²) in [7, 11) is 0. The van der Waals surface area contributed by atoms with Crippen molar-refractivity contribution < 1.29 is 23.1 Å². The molecule has 1 aromatic heterocycles. The predicted molar refractivity (Wildman–Crippen MR) is 83.7 cm³/mol. The number of para-hydroxylation sites is 1. The van der Waals surface area contributed by atoms with E-state index in [1.165, 1.54) is 24.5 Å². The summed E-state index contributed by atoms with van der Waals surface area (Å²) in [5.41, 5.74) is 5.46. The van der Waals surface area contributed by atoms with Gasteiger partial charge in [-0.1, -0.05) is 23.9 Å². The van der Waals surface area contributed by atoms with Gasteiger partial charge in [0.25, 0.3) is 11.7 Å². The second-order valence-corrected chi connectivity index (χ2v) is 5.32. The number of thioether (sulfide) groups is 1. The van der Waals surface area contributed by atoms with Gasteiger partial charge in [-0.05, 0) is 12.1 Å². The number of anilines is 2. The quantitative estimate of drug-likeness (QED) is 0.605. The standard InChI is InChI=1S/C14H12F2N4O3S/c15-14(16)24-9-4-2-1-3-8(9)20-10(21)7-23-13(22)11-12(17)19-6-5-18-11/h1-6,14H,7H2,(H2,17,19)(H,20,21). The van der Waals surface area contributed by atoms with Gasteiger partial charge in [-0.25, -0.2) is 14.8 Å². The highest BCUT2D eigenvalue weighted by atomic mass is 32.2. The highest BCUT2D eigenvalue weighted by Crippen LogP contribution is 2.31. The lowest BCUT2D eigenvalue weighted by atomic mass is 10.3. The topological polar surface area (TPSA) is 107 Å². The Hall–Kier alpha value is -2.75. The minimum atomic E-state index is -2.62. The van der Waals surface area contributed by atoms with Crippen LogP contribution in [-0.4, -0.2) is 34.2 Å². The van der Waals surface area contributed by atoms with Gasteiger partial charge >= 0.3 is 5.97 Å². The Kier molecular flexibility index (Phi) is 6.01. The number of nitrogens with two attached hydrogens (primary N) is 1. The van der Waals surface area contributed by atoms with E-state index in [1.807, 2.05) is 0 Å². The number of nitrogen functional groups attached to an aromatic ring is 1. The first-order valence-electron chi connectivity index (χ1n) is 6.54. The van der Waals surface area contributed by atoms with Crippen LogP contribution in [0.3, 0.4) is 0 Å². The summed E-state index contributed by atoms with van der Waals surface area (Å²) >= 11 is 0.300. The van der Waals surface area contributed by atoms with Crippen molar-refractivity contribution in [2.24, 2.45) is 0 Å². The summed E-state index contributed by atoms with van der Waals surface area (Å²) in [4.78, 5) is 31.1. The SMILES string of the molecule is Nc1nccnc1C(=O)OCC(=O)Nc1ccccc1SC(F)F. The minimum absolute atomic E-state index is 0.124. The van der Waals surface area contributed by atoms with Crippen LogP contribution in [0.15, 0.2) is 41.6 Å². The Morgan fingerprint density at radius 3 is 2.67 bits per heavy atom. The van der Waals surface area contributed by atoms with Gasteiger partial charge in [-0.2, -0.15) is 8.78 Å². The fourth-order valence-corrected chi connectivity index (χ4v) is 2.26. The number of aromatic nitrogens is 2. The van der Waals surface area contributed by atoms with Crippen molar-refractivity contribution >= 4 is 35.1 Å². The maximum Gasteiger partial charge on any atom is 0.361 e. The zero-order valence-corrected chi connectivity index (χ0v) is 12.9. The molecule has 0 saturated heterocycles. The molecule has 7 nitrogen and oxygen atoms in total. The van der Waals surface area contributed by atoms with Crippen molar-refractivity contribution in [2.75, 3.05) is 17.7 Å². The van der Waals surface area contributed by atoms with Crippen LogP contribution in [0.4, 0.5) is 20.3 Å². The number of carbonyl (C=O) groups is 2. The summed E-state index contributed by atoms with van der Waals surface area (Å²) in [6.45, 7) is -0.622. The van der Waals surface area contributed by atoms with Crippen molar-refractivity contribution in [2.45, 2.75) is 10.7 Å². The zero-order valence-electron chi connectivity index (χ0n) is 12.1. The van der Waals surface area contributed by atoms with E-state index in [9.17, 15) is 18.4 Å². The molecule has 0 aliphatic carbocycles. The highest BCUT2D eigenvalue weighted by molar-refractivity contribution is 7.99. The average molecular weight is 354 g/mol. The highest BCUT2D eigenvalue weighted by Gasteiger charge is 2.16. The van der Waals surface area contributed by atoms with Gasteiger partial charge < -0.3 is 15.8 Å². The maximum absolute atomic E-state index is 12.5. The first kappa shape index (κ1) is 17.6. The molecule has 2 rings (SSSR count). The van der Waals surface area contributed by atoms with Gasteiger partial charge in [0.15, 0.2) is 18.1 Å². The van der Waals surface area contributed by atoms with E-state index >= 15 is 0 Å². The van der Waals surface area contributed by atoms with Crippen LogP contribution in [0.2, 0.25) is 0 Å². The lowest BCUT2D eigenvalue weighted by Crippen LogP contribution is -2.22. The maximum atomic E-state index is 12.5. The molecule has 0 bridgehead atoms. The number of hydrogen-bond donors (Lipinski definition) is 2. The molecule has 1 aromatic carbocycles. The first-order valence-corrected chi connectivity index (χ1v) is 7.42. The van der Waals surface area contributed by atoms with Crippen LogP contribution < -0.4 is 11.1 Å². The smallest absolute Gasteiger partial charge is 0.361 e. The minimum Gasteiger partial charge on any atom is -0.451 e. The van der Waals surface area contributed by atoms with Gasteiger partial charge in [-0.15, -0.1) is 0 Å². The van der Waals surface area contributed by atoms with Crippen LogP contribution in [0, 0.1) is 0 Å². The molecule has 24 heavy (non-hydrogen) atoms. The Bertz CT molecular complexity index is 745. The molecule has 0 radical (unpaired) electrons. The number of amides is 1. The Labute approximate surface area is 139 Å². The number of hydrogen-bond acceptors (Lipinski definition) is 7. The van der Waals surface area contributed by atoms with E-state index < -0.39 is 24.2 Å². The fraction of sp³-hybridized carbons (Fsp3) is 0.143. The zero-order chi connectivity index (χ0) is 17.5. The van der Waals surface area contributed by atoms with E-state index in [-0.39, 0.29) is 22.1 Å². The van der Waals surface area contributed by atoms with Crippen molar-refractivity contribution in [3.63, 3.8) is 0 Å². The molecule has 3 N–H and O–H groups in total. The molecule has 1 heterocycles. The average Bonchev–Trinajstić information content (AvgIpc) is 2.54. The molecule has 1 amide bonds. The Morgan fingerprint density at radius 1 is 1.25 bits per heavy atom. The van der Waals surface area contributed by atoms with E-state index in [1.54, 1.807) is 12.1 Å². The van der Waals surface area contributed by atoms with E-state index in [2.05, 4.69) is 15.3 Å². The van der Waals surface area contributed by atoms with E-state index in [0.717, 1.165) is 0 Å². The molecular formula is C14H12F2N4O3S. The fourth-order valence-electron chi connectivity index (χ4n) is 1.66. The lowest BCUT2D eigenvalue weighted by molar-refractivity contribution is -0.119. The molecule has 0 spiro atoms. The molecule has 10 heteroatoms. The molecule has 0 atom stereocenters.